The van der Waals surface area contributed by atoms with Crippen molar-refractivity contribution >= 4 is 70.3 Å². The Hall–Kier alpha value is -6.54. The number of Topliss-reactive ketones (excluding diaryl/α,β-unsaturated/α-hetero) is 3. The number of hydrogen-bond acceptors (Lipinski definition) is 12. The van der Waals surface area contributed by atoms with Crippen molar-refractivity contribution in [1.29, 1.82) is 0 Å². The van der Waals surface area contributed by atoms with Gasteiger partial charge in [-0.05, 0) is 134 Å². The molecule has 4 rings (SSSR count). The van der Waals surface area contributed by atoms with Gasteiger partial charge in [0.05, 0.1) is 18.5 Å². The van der Waals surface area contributed by atoms with E-state index in [4.69, 9.17) is 5.73 Å². The summed E-state index contributed by atoms with van der Waals surface area (Å²) < 4.78 is 0. The number of amides is 9. The van der Waals surface area contributed by atoms with Crippen LogP contribution in [0.2, 0.25) is 0 Å². The maximum absolute atomic E-state index is 14.6. The lowest BCUT2D eigenvalue weighted by Gasteiger charge is -2.31. The van der Waals surface area contributed by atoms with Gasteiger partial charge in [0.1, 0.15) is 23.9 Å². The van der Waals surface area contributed by atoms with Crippen LogP contribution in [0, 0.1) is 17.8 Å². The first-order valence-electron chi connectivity index (χ1n) is 25.0. The summed E-state index contributed by atoms with van der Waals surface area (Å²) in [6.07, 6.45) is 2.76. The molecule has 0 spiro atoms. The van der Waals surface area contributed by atoms with Crippen LogP contribution in [-0.2, 0) is 51.2 Å². The van der Waals surface area contributed by atoms with Gasteiger partial charge in [0, 0.05) is 48.6 Å². The Morgan fingerprint density at radius 1 is 0.792 bits per heavy atom. The van der Waals surface area contributed by atoms with Crippen LogP contribution in [0.25, 0.3) is 0 Å². The predicted octanol–water partition coefficient (Wildman–Crippen LogP) is 3.36. The lowest BCUT2D eigenvalue weighted by Crippen LogP contribution is -2.56. The van der Waals surface area contributed by atoms with Crippen LogP contribution in [0.3, 0.4) is 0 Å². The molecule has 394 valence electrons. The number of unbranched alkanes of at least 4 members (excludes halogenated alkanes) is 1. The fourth-order valence-corrected chi connectivity index (χ4v) is 8.76. The average Bonchev–Trinajstić information content (AvgIpc) is 3.82. The molecule has 20 nitrogen and oxygen atoms in total. The molecule has 0 aromatic heterocycles. The first-order chi connectivity index (χ1) is 34.0. The third-order valence-electron chi connectivity index (χ3n) is 13.4. The van der Waals surface area contributed by atoms with E-state index >= 15 is 0 Å². The molecule has 2 fully saturated rings. The zero-order valence-corrected chi connectivity index (χ0v) is 43.1. The molecular formula is C52H76N10O10. The Morgan fingerprint density at radius 2 is 1.40 bits per heavy atom. The monoisotopic (exact) mass is 1000 g/mol. The number of benzene rings is 2. The van der Waals surface area contributed by atoms with Gasteiger partial charge in [-0.1, -0.05) is 45.0 Å². The Bertz CT molecular complexity index is 2240. The van der Waals surface area contributed by atoms with Gasteiger partial charge in [-0.2, -0.15) is 0 Å². The first-order valence-corrected chi connectivity index (χ1v) is 25.0. The summed E-state index contributed by atoms with van der Waals surface area (Å²) in [5.41, 5.74) is 7.53. The summed E-state index contributed by atoms with van der Waals surface area (Å²) >= 11 is 0. The number of likely N-dealkylation sites (tertiary alicyclic amines) is 1. The average molecular weight is 1000 g/mol. The third kappa shape index (κ3) is 18.3. The van der Waals surface area contributed by atoms with Gasteiger partial charge >= 0.3 is 12.1 Å². The second-order valence-corrected chi connectivity index (χ2v) is 20.0. The fraction of sp³-hybridized carbons (Fsp3) is 0.577. The van der Waals surface area contributed by atoms with Gasteiger partial charge in [-0.25, -0.2) is 9.59 Å². The summed E-state index contributed by atoms with van der Waals surface area (Å²) in [4.78, 5) is 135. The molecule has 0 bridgehead atoms. The van der Waals surface area contributed by atoms with E-state index in [0.29, 0.717) is 55.2 Å². The van der Waals surface area contributed by atoms with Crippen molar-refractivity contribution in [3.8, 4) is 0 Å². The van der Waals surface area contributed by atoms with Crippen molar-refractivity contribution in [3.63, 3.8) is 0 Å². The van der Waals surface area contributed by atoms with Crippen LogP contribution >= 0.6 is 0 Å². The smallest absolute Gasteiger partial charge is 0.322 e. The van der Waals surface area contributed by atoms with Crippen molar-refractivity contribution in [1.82, 2.24) is 36.4 Å². The van der Waals surface area contributed by atoms with Crippen LogP contribution in [0.5, 0.6) is 0 Å². The number of primary amides is 1. The van der Waals surface area contributed by atoms with E-state index < -0.39 is 77.7 Å². The second-order valence-electron chi connectivity index (χ2n) is 20.0. The lowest BCUT2D eigenvalue weighted by molar-refractivity contribution is -0.142. The van der Waals surface area contributed by atoms with Gasteiger partial charge < -0.3 is 47.4 Å². The molecule has 0 radical (unpaired) electrons. The highest BCUT2D eigenvalue weighted by Crippen LogP contribution is 2.25. The Morgan fingerprint density at radius 3 is 1.97 bits per heavy atom. The molecule has 2 aromatic rings. The largest absolute Gasteiger partial charge is 0.351 e. The quantitative estimate of drug-likeness (QED) is 0.0570. The number of carbonyl (C=O) groups is 10. The summed E-state index contributed by atoms with van der Waals surface area (Å²) in [5, 5.41) is 18.7. The molecule has 2 aliphatic heterocycles. The summed E-state index contributed by atoms with van der Waals surface area (Å²) in [5.74, 6) is -4.81. The zero-order chi connectivity index (χ0) is 53.2. The number of ketones is 3. The normalized spacial score (nSPS) is 17.8. The molecule has 9 amide bonds. The summed E-state index contributed by atoms with van der Waals surface area (Å²) in [7, 11) is 3.64. The minimum absolute atomic E-state index is 0.0140. The number of nitrogens with one attached hydrogen (secondary N) is 7. The second kappa shape index (κ2) is 27.9. The molecule has 7 atom stereocenters. The maximum atomic E-state index is 14.6. The van der Waals surface area contributed by atoms with Gasteiger partial charge in [-0.3, -0.25) is 43.7 Å². The predicted molar refractivity (Wildman–Crippen MR) is 272 cm³/mol. The molecule has 0 aliphatic carbocycles. The Balaban J connectivity index is 1.55. The highest BCUT2D eigenvalue weighted by molar-refractivity contribution is 6.06. The number of carbonyl (C=O) groups excluding carboxylic acids is 10. The number of urea groups is 2. The molecule has 2 aliphatic rings. The number of nitrogens with two attached hydrogens (primary N) is 1. The molecule has 2 aromatic carbocycles. The zero-order valence-electron chi connectivity index (χ0n) is 43.1. The number of likely N-dealkylation sites (N-methyl/N-ethyl adjacent to an activating group) is 1. The number of nitrogens with zero attached hydrogens (tertiary/aromatic N) is 2. The van der Waals surface area contributed by atoms with Crippen molar-refractivity contribution in [2.45, 2.75) is 148 Å². The van der Waals surface area contributed by atoms with Crippen LogP contribution < -0.4 is 43.0 Å². The third-order valence-corrected chi connectivity index (χ3v) is 13.4. The van der Waals surface area contributed by atoms with E-state index in [2.05, 4.69) is 56.0 Å². The molecule has 72 heavy (non-hydrogen) atoms. The fourth-order valence-electron chi connectivity index (χ4n) is 8.76. The van der Waals surface area contributed by atoms with Crippen LogP contribution in [-0.4, -0.2) is 132 Å². The standard InChI is InChI=1S/C52H76N10O10/c1-30(2)24-41(49(69)57-39(12-9-10-22-61(8)31(3)4)50(70)62-23-11-13-43(62)45(65)25-32(5)33(6)63)58-47(67)36(26-34-14-20-38(21-15-34)56-51(53)71)28-44(64)40(54-7)27-35-16-18-37(19-17-35)55-48(68)42-29-46(66)60-52(72)59-42/h14-21,30-32,36,39-43,54H,9-13,22-29H2,1-8H3,(H,55,68)(H,57,69)(H,58,67)(H3,53,56,71)(H2,59,60,66,72)/t32-,36-,39-,40-,41-,42-,43-/m0/s1. The van der Waals surface area contributed by atoms with Crippen molar-refractivity contribution in [3.05, 3.63) is 59.7 Å². The molecule has 2 saturated heterocycles. The van der Waals surface area contributed by atoms with Crippen LogP contribution in [0.1, 0.15) is 110 Å². The first kappa shape index (κ1) is 58.0. The van der Waals surface area contributed by atoms with Crippen molar-refractivity contribution < 1.29 is 47.9 Å². The highest BCUT2D eigenvalue weighted by Gasteiger charge is 2.39. The van der Waals surface area contributed by atoms with E-state index in [1.54, 1.807) is 62.5 Å². The maximum Gasteiger partial charge on any atom is 0.322 e. The molecule has 0 saturated carbocycles. The molecule has 20 heteroatoms. The molecule has 2 heterocycles. The van der Waals surface area contributed by atoms with E-state index in [-0.39, 0.29) is 67.7 Å². The number of hydrogen-bond donors (Lipinski definition) is 8. The van der Waals surface area contributed by atoms with E-state index in [0.717, 1.165) is 18.5 Å². The van der Waals surface area contributed by atoms with Gasteiger partial charge in [0.15, 0.2) is 11.6 Å². The Labute approximate surface area is 422 Å². The minimum Gasteiger partial charge on any atom is -0.351 e. The molecular weight excluding hydrogens is 925 g/mol. The number of rotatable bonds is 28. The number of anilines is 2. The van der Waals surface area contributed by atoms with Crippen molar-refractivity contribution in [2.75, 3.05) is 37.8 Å². The SMILES string of the molecule is CN[C@@H](Cc1ccc(NC(=O)[C@@H]2CC(=O)NC(=O)N2)cc1)C(=O)C[C@H](Cc1ccc(NC(N)=O)cc1)C(=O)N[C@@H](CC(C)C)C(=O)N[C@@H](CCCCN(C)C(C)C)C(=O)N1CCC[C@H]1C(=O)C[C@H](C)C(C)=O. The van der Waals surface area contributed by atoms with Crippen LogP contribution in [0.4, 0.5) is 21.0 Å². The molecule has 0 unspecified atom stereocenters. The van der Waals surface area contributed by atoms with Gasteiger partial charge in [0.2, 0.25) is 29.5 Å². The van der Waals surface area contributed by atoms with Gasteiger partial charge in [0.25, 0.3) is 0 Å². The lowest BCUT2D eigenvalue weighted by atomic mass is 9.89. The van der Waals surface area contributed by atoms with E-state index in [9.17, 15) is 47.9 Å². The summed E-state index contributed by atoms with van der Waals surface area (Å²) in [6.45, 7) is 12.2. The van der Waals surface area contributed by atoms with Crippen molar-refractivity contribution in [2.24, 2.45) is 23.5 Å². The summed E-state index contributed by atoms with van der Waals surface area (Å²) in [6, 6.07) is 7.54. The van der Waals surface area contributed by atoms with Gasteiger partial charge in [-0.15, -0.1) is 0 Å². The van der Waals surface area contributed by atoms with Crippen LogP contribution in [0.15, 0.2) is 48.5 Å². The molecule has 9 N–H and O–H groups in total. The van der Waals surface area contributed by atoms with E-state index in [1.165, 1.54) is 11.8 Å². The van der Waals surface area contributed by atoms with E-state index in [1.807, 2.05) is 20.9 Å². The minimum atomic E-state index is -1.10. The topological polar surface area (TPSA) is 287 Å². The number of imide groups is 1. The highest BCUT2D eigenvalue weighted by atomic mass is 16.2. The Kier molecular flexibility index (Phi) is 22.5.